The number of carbonyl (C=O) groups excluding carboxylic acids is 1. The molecule has 3 N–H and O–H groups in total. The molecule has 2 aromatic rings. The van der Waals surface area contributed by atoms with Crippen molar-refractivity contribution in [3.63, 3.8) is 0 Å². The van der Waals surface area contributed by atoms with Crippen LogP contribution in [0.2, 0.25) is 0 Å². The zero-order valence-corrected chi connectivity index (χ0v) is 22.7. The maximum absolute atomic E-state index is 13.6. The van der Waals surface area contributed by atoms with Gasteiger partial charge in [-0.05, 0) is 56.2 Å². The molecule has 2 saturated heterocycles. The first-order chi connectivity index (χ1) is 18.5. The Morgan fingerprint density at radius 3 is 2.31 bits per heavy atom. The van der Waals surface area contributed by atoms with Crippen molar-refractivity contribution >= 4 is 39.1 Å². The van der Waals surface area contributed by atoms with Crippen LogP contribution in [0.5, 0.6) is 0 Å². The second kappa shape index (κ2) is 10.5. The summed E-state index contributed by atoms with van der Waals surface area (Å²) in [5.41, 5.74) is 2.28. The van der Waals surface area contributed by atoms with E-state index in [-0.39, 0.29) is 37.7 Å². The lowest BCUT2D eigenvalue weighted by molar-refractivity contribution is -0.0222. The summed E-state index contributed by atoms with van der Waals surface area (Å²) in [6, 6.07) is 6.37. The summed E-state index contributed by atoms with van der Waals surface area (Å²) < 4.78 is 54.6. The van der Waals surface area contributed by atoms with Crippen molar-refractivity contribution in [2.24, 2.45) is 5.41 Å². The highest BCUT2D eigenvalue weighted by Crippen LogP contribution is 2.54. The molecule has 13 heteroatoms. The minimum Gasteiger partial charge on any atom is -0.395 e. The molecule has 1 amide bonds. The molecule has 3 aliphatic rings. The Balaban J connectivity index is 1.36. The molecule has 1 aromatic carbocycles. The summed E-state index contributed by atoms with van der Waals surface area (Å²) in [5.74, 6) is -3.02. The Labute approximate surface area is 226 Å². The van der Waals surface area contributed by atoms with Crippen LogP contribution >= 0.6 is 0 Å². The van der Waals surface area contributed by atoms with Crippen LogP contribution in [0.1, 0.15) is 54.6 Å². The van der Waals surface area contributed by atoms with E-state index in [9.17, 15) is 22.0 Å². The van der Waals surface area contributed by atoms with E-state index in [1.54, 1.807) is 30.0 Å². The van der Waals surface area contributed by atoms with Crippen molar-refractivity contribution in [3.05, 3.63) is 35.5 Å². The van der Waals surface area contributed by atoms with E-state index in [2.05, 4.69) is 24.9 Å². The summed E-state index contributed by atoms with van der Waals surface area (Å²) in [6.45, 7) is 2.99. The number of amides is 1. The Morgan fingerprint density at radius 2 is 1.67 bits per heavy atom. The number of hydrogen-bond donors (Lipinski definition) is 3. The second-order valence-corrected chi connectivity index (χ2v) is 12.7. The SMILES string of the molecule is Cc1cc(NC(=O)c2ccc(NS(=O)(=O)CCO)c(N3CCC4(CC3)CC4)c2)nc(N2CCC(F)(F)CC2)n1. The maximum atomic E-state index is 13.6. The standard InChI is InChI=1S/C26H34F2N6O4S/c1-18-16-22(31-24(29-18)34-12-8-26(27,28)9-13-34)30-23(36)19-2-3-20(32-39(37,38)15-14-35)21(17-19)33-10-6-25(4-5-25)7-11-33/h2-3,16-17,32,35H,4-15H2,1H3,(H,29,30,31,36). The summed E-state index contributed by atoms with van der Waals surface area (Å²) in [5, 5.41) is 11.9. The number of aliphatic hydroxyl groups excluding tert-OH is 1. The van der Waals surface area contributed by atoms with Gasteiger partial charge in [0.05, 0.1) is 23.7 Å². The lowest BCUT2D eigenvalue weighted by Gasteiger charge is -2.35. The van der Waals surface area contributed by atoms with Gasteiger partial charge in [-0.25, -0.2) is 22.2 Å². The number of alkyl halides is 2. The van der Waals surface area contributed by atoms with Crippen LogP contribution in [-0.2, 0) is 10.0 Å². The van der Waals surface area contributed by atoms with E-state index < -0.39 is 34.2 Å². The zero-order chi connectivity index (χ0) is 27.8. The Hall–Kier alpha value is -3.06. The fraction of sp³-hybridized carbons (Fsp3) is 0.577. The summed E-state index contributed by atoms with van der Waals surface area (Å²) >= 11 is 0. The van der Waals surface area contributed by atoms with Crippen molar-refractivity contribution in [2.75, 3.05) is 58.4 Å². The number of hydrogen-bond acceptors (Lipinski definition) is 8. The van der Waals surface area contributed by atoms with E-state index in [1.807, 2.05) is 0 Å². The fourth-order valence-corrected chi connectivity index (χ4v) is 6.09. The minimum atomic E-state index is -3.76. The van der Waals surface area contributed by atoms with Crippen LogP contribution in [0.3, 0.4) is 0 Å². The normalized spacial score (nSPS) is 20.1. The Morgan fingerprint density at radius 1 is 1.00 bits per heavy atom. The fourth-order valence-electron chi connectivity index (χ4n) is 5.24. The van der Waals surface area contributed by atoms with Crippen LogP contribution < -0.4 is 19.8 Å². The third-order valence-corrected chi connectivity index (χ3v) is 9.12. The number of benzene rings is 1. The molecule has 3 fully saturated rings. The maximum Gasteiger partial charge on any atom is 0.256 e. The van der Waals surface area contributed by atoms with Crippen LogP contribution in [0.4, 0.5) is 31.9 Å². The predicted molar refractivity (Wildman–Crippen MR) is 145 cm³/mol. The summed E-state index contributed by atoms with van der Waals surface area (Å²) in [7, 11) is -3.76. The van der Waals surface area contributed by atoms with Gasteiger partial charge in [0.1, 0.15) is 5.82 Å². The van der Waals surface area contributed by atoms with Crippen molar-refractivity contribution in [1.29, 1.82) is 0 Å². The van der Waals surface area contributed by atoms with Crippen LogP contribution in [0.15, 0.2) is 24.3 Å². The number of aromatic nitrogens is 2. The predicted octanol–water partition coefficient (Wildman–Crippen LogP) is 3.39. The van der Waals surface area contributed by atoms with Gasteiger partial charge >= 0.3 is 0 Å². The molecule has 5 rings (SSSR count). The van der Waals surface area contributed by atoms with Gasteiger partial charge in [0.2, 0.25) is 16.0 Å². The average molecular weight is 565 g/mol. The number of halogens is 2. The minimum absolute atomic E-state index is 0.123. The van der Waals surface area contributed by atoms with Crippen molar-refractivity contribution in [2.45, 2.75) is 51.4 Å². The van der Waals surface area contributed by atoms with Gasteiger partial charge in [-0.2, -0.15) is 4.98 Å². The highest BCUT2D eigenvalue weighted by atomic mass is 32.2. The van der Waals surface area contributed by atoms with E-state index >= 15 is 0 Å². The first-order valence-corrected chi connectivity index (χ1v) is 14.9. The van der Waals surface area contributed by atoms with Crippen LogP contribution in [0.25, 0.3) is 0 Å². The number of anilines is 4. The lowest BCUT2D eigenvalue weighted by Crippen LogP contribution is -2.40. The van der Waals surface area contributed by atoms with Gasteiger partial charge in [-0.15, -0.1) is 0 Å². The van der Waals surface area contributed by atoms with Crippen molar-refractivity contribution < 1.29 is 27.1 Å². The molecule has 1 spiro atoms. The molecule has 39 heavy (non-hydrogen) atoms. The van der Waals surface area contributed by atoms with Gasteiger partial charge in [0, 0.05) is 56.3 Å². The van der Waals surface area contributed by atoms with Gasteiger partial charge < -0.3 is 20.2 Å². The number of carbonyl (C=O) groups is 1. The smallest absolute Gasteiger partial charge is 0.256 e. The number of nitrogens with one attached hydrogen (secondary N) is 2. The van der Waals surface area contributed by atoms with Crippen LogP contribution in [0, 0.1) is 12.3 Å². The number of piperidine rings is 2. The number of aryl methyl sites for hydroxylation is 1. The summed E-state index contributed by atoms with van der Waals surface area (Å²) in [4.78, 5) is 25.8. The Kier molecular flexibility index (Phi) is 7.40. The number of nitrogens with zero attached hydrogens (tertiary/aromatic N) is 4. The molecule has 212 valence electrons. The molecule has 10 nitrogen and oxygen atoms in total. The van der Waals surface area contributed by atoms with E-state index in [0.29, 0.717) is 28.0 Å². The molecular formula is C26H34F2N6O4S. The molecule has 1 aliphatic carbocycles. The molecule has 2 aliphatic heterocycles. The number of sulfonamides is 1. The molecule has 3 heterocycles. The van der Waals surface area contributed by atoms with E-state index in [1.165, 1.54) is 18.9 Å². The van der Waals surface area contributed by atoms with Gasteiger partial charge in [0.15, 0.2) is 0 Å². The topological polar surface area (TPSA) is 128 Å². The van der Waals surface area contributed by atoms with Crippen molar-refractivity contribution in [3.8, 4) is 0 Å². The zero-order valence-electron chi connectivity index (χ0n) is 21.9. The third-order valence-electron chi connectivity index (χ3n) is 7.87. The van der Waals surface area contributed by atoms with Crippen molar-refractivity contribution in [1.82, 2.24) is 9.97 Å². The molecule has 0 bridgehead atoms. The van der Waals surface area contributed by atoms with Gasteiger partial charge in [-0.3, -0.25) is 9.52 Å². The number of rotatable bonds is 8. The quantitative estimate of drug-likeness (QED) is 0.445. The summed E-state index contributed by atoms with van der Waals surface area (Å²) in [6.07, 6.45) is 3.91. The number of aliphatic hydroxyl groups is 1. The highest BCUT2D eigenvalue weighted by Gasteiger charge is 2.44. The molecular weight excluding hydrogens is 530 g/mol. The van der Waals surface area contributed by atoms with Crippen LogP contribution in [-0.4, -0.2) is 73.9 Å². The molecule has 0 radical (unpaired) electrons. The first kappa shape index (κ1) is 27.5. The molecule has 0 unspecified atom stereocenters. The largest absolute Gasteiger partial charge is 0.395 e. The third kappa shape index (κ3) is 6.57. The van der Waals surface area contributed by atoms with Gasteiger partial charge in [0.25, 0.3) is 11.8 Å². The molecule has 1 aromatic heterocycles. The van der Waals surface area contributed by atoms with E-state index in [0.717, 1.165) is 25.9 Å². The Bertz CT molecular complexity index is 1330. The van der Waals surface area contributed by atoms with Gasteiger partial charge in [-0.1, -0.05) is 0 Å². The van der Waals surface area contributed by atoms with E-state index in [4.69, 9.17) is 5.11 Å². The molecule has 0 atom stereocenters. The second-order valence-electron chi connectivity index (χ2n) is 10.9. The highest BCUT2D eigenvalue weighted by molar-refractivity contribution is 7.92. The average Bonchev–Trinajstić information content (AvgIpc) is 3.62. The monoisotopic (exact) mass is 564 g/mol. The molecule has 1 saturated carbocycles. The first-order valence-electron chi connectivity index (χ1n) is 13.3. The lowest BCUT2D eigenvalue weighted by atomic mass is 9.93.